The molecule has 1 unspecified atom stereocenters. The van der Waals surface area contributed by atoms with Crippen LogP contribution in [0.2, 0.25) is 0 Å². The molecule has 6 nitrogen and oxygen atoms in total. The van der Waals surface area contributed by atoms with Gasteiger partial charge in [0.05, 0.1) is 12.8 Å². The molecule has 0 saturated carbocycles. The minimum atomic E-state index is -2.63. The van der Waals surface area contributed by atoms with Gasteiger partial charge in [-0.2, -0.15) is 4.21 Å². The first kappa shape index (κ1) is 12.8. The summed E-state index contributed by atoms with van der Waals surface area (Å²) in [7, 11) is 0. The van der Waals surface area contributed by atoms with Gasteiger partial charge in [-0.1, -0.05) is 12.7 Å². The predicted octanol–water partition coefficient (Wildman–Crippen LogP) is 0.176. The smallest absolute Gasteiger partial charge is 0.360 e. The van der Waals surface area contributed by atoms with E-state index in [9.17, 15) is 13.8 Å². The first-order chi connectivity index (χ1) is 6.56. The van der Waals surface area contributed by atoms with Crippen LogP contribution in [0.3, 0.4) is 0 Å². The molecule has 14 heavy (non-hydrogen) atoms. The van der Waals surface area contributed by atoms with Crippen molar-refractivity contribution in [3.05, 3.63) is 12.7 Å². The molecule has 0 aromatic rings. The maximum absolute atomic E-state index is 10.8. The minimum absolute atomic E-state index is 0.0693. The lowest BCUT2D eigenvalue weighted by atomic mass is 10.3. The SMILES string of the molecule is C=CCOC(=O)CCC(=O)OS(=O)O. The zero-order valence-corrected chi connectivity index (χ0v) is 8.12. The highest BCUT2D eigenvalue weighted by Crippen LogP contribution is 1.96. The summed E-state index contributed by atoms with van der Waals surface area (Å²) in [5, 5.41) is 0. The molecular weight excluding hydrogens is 212 g/mol. The fraction of sp³-hybridized carbons (Fsp3) is 0.429. The Hall–Kier alpha value is -1.21. The van der Waals surface area contributed by atoms with Crippen LogP contribution in [0.25, 0.3) is 0 Å². The number of esters is 1. The van der Waals surface area contributed by atoms with Crippen LogP contribution < -0.4 is 0 Å². The third-order valence-corrected chi connectivity index (χ3v) is 1.39. The molecule has 0 aliphatic heterocycles. The quantitative estimate of drug-likeness (QED) is 0.391. The van der Waals surface area contributed by atoms with Gasteiger partial charge in [0.2, 0.25) is 0 Å². The van der Waals surface area contributed by atoms with Gasteiger partial charge in [-0.15, -0.1) is 0 Å². The zero-order chi connectivity index (χ0) is 11.0. The molecule has 1 N–H and O–H groups in total. The number of ether oxygens (including phenoxy) is 1. The highest BCUT2D eigenvalue weighted by atomic mass is 32.2. The third kappa shape index (κ3) is 7.44. The Balaban J connectivity index is 3.60. The van der Waals surface area contributed by atoms with E-state index in [0.29, 0.717) is 0 Å². The summed E-state index contributed by atoms with van der Waals surface area (Å²) in [6.07, 6.45) is 0.908. The molecule has 0 bridgehead atoms. The van der Waals surface area contributed by atoms with Crippen LogP contribution in [0.15, 0.2) is 12.7 Å². The maximum atomic E-state index is 10.8. The lowest BCUT2D eigenvalue weighted by Gasteiger charge is -2.00. The van der Waals surface area contributed by atoms with Gasteiger partial charge in [-0.3, -0.25) is 14.1 Å². The van der Waals surface area contributed by atoms with Crippen LogP contribution in [0, 0.1) is 0 Å². The predicted molar refractivity (Wildman–Crippen MR) is 47.3 cm³/mol. The van der Waals surface area contributed by atoms with Crippen molar-refractivity contribution >= 4 is 23.3 Å². The fourth-order valence-corrected chi connectivity index (χ4v) is 0.792. The van der Waals surface area contributed by atoms with E-state index in [1.807, 2.05) is 0 Å². The lowest BCUT2D eigenvalue weighted by Crippen LogP contribution is -2.11. The third-order valence-electron chi connectivity index (χ3n) is 1.06. The van der Waals surface area contributed by atoms with Gasteiger partial charge in [-0.25, -0.2) is 0 Å². The summed E-state index contributed by atoms with van der Waals surface area (Å²) in [4.78, 5) is 21.4. The molecular formula is C7H10O6S. The summed E-state index contributed by atoms with van der Waals surface area (Å²) in [6, 6.07) is 0. The van der Waals surface area contributed by atoms with Crippen molar-refractivity contribution in [1.29, 1.82) is 0 Å². The van der Waals surface area contributed by atoms with E-state index in [-0.39, 0.29) is 19.4 Å². The van der Waals surface area contributed by atoms with Crippen LogP contribution in [0.5, 0.6) is 0 Å². The number of hydrogen-bond donors (Lipinski definition) is 1. The summed E-state index contributed by atoms with van der Waals surface area (Å²) >= 11 is -2.63. The van der Waals surface area contributed by atoms with Crippen molar-refractivity contribution in [1.82, 2.24) is 0 Å². The molecule has 0 heterocycles. The summed E-state index contributed by atoms with van der Waals surface area (Å²) in [6.45, 7) is 3.39. The molecule has 0 saturated heterocycles. The molecule has 0 amide bonds. The number of carbonyl (C=O) groups is 2. The van der Waals surface area contributed by atoms with Crippen molar-refractivity contribution < 1.29 is 27.3 Å². The molecule has 0 aromatic heterocycles. The summed E-state index contributed by atoms with van der Waals surface area (Å²) in [5.74, 6) is -1.52. The van der Waals surface area contributed by atoms with E-state index in [1.165, 1.54) is 6.08 Å². The molecule has 0 aliphatic carbocycles. The molecule has 0 spiro atoms. The molecule has 0 rings (SSSR count). The fourth-order valence-electron chi connectivity index (χ4n) is 0.549. The van der Waals surface area contributed by atoms with E-state index in [2.05, 4.69) is 15.5 Å². The van der Waals surface area contributed by atoms with Crippen LogP contribution in [0.1, 0.15) is 12.8 Å². The van der Waals surface area contributed by atoms with E-state index in [1.54, 1.807) is 0 Å². The molecule has 0 radical (unpaired) electrons. The number of hydrogen-bond acceptors (Lipinski definition) is 5. The first-order valence-corrected chi connectivity index (χ1v) is 4.68. The number of rotatable bonds is 6. The van der Waals surface area contributed by atoms with Crippen LogP contribution in [-0.2, 0) is 29.9 Å². The van der Waals surface area contributed by atoms with E-state index >= 15 is 0 Å². The monoisotopic (exact) mass is 222 g/mol. The highest BCUT2D eigenvalue weighted by Gasteiger charge is 2.10. The average molecular weight is 222 g/mol. The standard InChI is InChI=1S/C7H10O6S/c1-2-5-12-6(8)3-4-7(9)13-14(10)11/h2H,1,3-5H2,(H,10,11). The van der Waals surface area contributed by atoms with E-state index < -0.39 is 23.3 Å². The van der Waals surface area contributed by atoms with Gasteiger partial charge < -0.3 is 8.92 Å². The van der Waals surface area contributed by atoms with Crippen LogP contribution in [-0.4, -0.2) is 27.3 Å². The minimum Gasteiger partial charge on any atom is -0.461 e. The highest BCUT2D eigenvalue weighted by molar-refractivity contribution is 7.74. The van der Waals surface area contributed by atoms with Gasteiger partial charge in [0.1, 0.15) is 6.61 Å². The molecule has 1 atom stereocenters. The second-order valence-electron chi connectivity index (χ2n) is 2.14. The van der Waals surface area contributed by atoms with Crippen molar-refractivity contribution in [2.24, 2.45) is 0 Å². The van der Waals surface area contributed by atoms with E-state index in [4.69, 9.17) is 4.55 Å². The Bertz CT molecular complexity index is 249. The maximum Gasteiger partial charge on any atom is 0.360 e. The molecule has 7 heteroatoms. The Labute approximate surface area is 83.4 Å². The zero-order valence-electron chi connectivity index (χ0n) is 7.30. The van der Waals surface area contributed by atoms with Gasteiger partial charge in [0.25, 0.3) is 0 Å². The Morgan fingerprint density at radius 2 is 1.93 bits per heavy atom. The molecule has 80 valence electrons. The largest absolute Gasteiger partial charge is 0.461 e. The van der Waals surface area contributed by atoms with Gasteiger partial charge in [0.15, 0.2) is 0 Å². The van der Waals surface area contributed by atoms with Crippen LogP contribution >= 0.6 is 0 Å². The first-order valence-electron chi connectivity index (χ1n) is 3.64. The molecule has 0 fully saturated rings. The van der Waals surface area contributed by atoms with Gasteiger partial charge in [-0.05, 0) is 0 Å². The van der Waals surface area contributed by atoms with Crippen molar-refractivity contribution in [3.8, 4) is 0 Å². The van der Waals surface area contributed by atoms with Gasteiger partial charge >= 0.3 is 23.3 Å². The van der Waals surface area contributed by atoms with Crippen molar-refractivity contribution in [2.45, 2.75) is 12.8 Å². The Morgan fingerprint density at radius 3 is 2.43 bits per heavy atom. The molecule has 0 aromatic carbocycles. The second-order valence-corrected chi connectivity index (χ2v) is 2.75. The van der Waals surface area contributed by atoms with Crippen molar-refractivity contribution in [3.63, 3.8) is 0 Å². The van der Waals surface area contributed by atoms with E-state index in [0.717, 1.165) is 0 Å². The lowest BCUT2D eigenvalue weighted by molar-refractivity contribution is -0.145. The van der Waals surface area contributed by atoms with Crippen molar-refractivity contribution in [2.75, 3.05) is 6.61 Å². The Kier molecular flexibility index (Phi) is 6.59. The van der Waals surface area contributed by atoms with Gasteiger partial charge in [0, 0.05) is 0 Å². The average Bonchev–Trinajstić information content (AvgIpc) is 2.10. The normalized spacial score (nSPS) is 11.5. The topological polar surface area (TPSA) is 89.9 Å². The molecule has 0 aliphatic rings. The summed E-state index contributed by atoms with van der Waals surface area (Å²) in [5.41, 5.74) is 0. The number of carbonyl (C=O) groups excluding carboxylic acids is 2. The second kappa shape index (κ2) is 7.22. The Morgan fingerprint density at radius 1 is 1.36 bits per heavy atom. The van der Waals surface area contributed by atoms with Crippen LogP contribution in [0.4, 0.5) is 0 Å². The summed E-state index contributed by atoms with van der Waals surface area (Å²) < 4.78 is 26.5.